The van der Waals surface area contributed by atoms with E-state index in [9.17, 15) is 9.59 Å². The molecule has 0 saturated heterocycles. The maximum atomic E-state index is 12.6. The molecule has 0 aliphatic carbocycles. The van der Waals surface area contributed by atoms with Gasteiger partial charge in [0, 0.05) is 5.56 Å². The topological polar surface area (TPSA) is 98.1 Å². The third-order valence-electron chi connectivity index (χ3n) is 4.68. The summed E-state index contributed by atoms with van der Waals surface area (Å²) >= 11 is 0. The molecule has 0 atom stereocenters. The Kier molecular flexibility index (Phi) is 6.22. The monoisotopic (exact) mass is 427 g/mol. The number of hydrogen-bond acceptors (Lipinski definition) is 5. The Morgan fingerprint density at radius 3 is 2.19 bits per heavy atom. The van der Waals surface area contributed by atoms with Crippen LogP contribution in [0.1, 0.15) is 16.2 Å². The first-order chi connectivity index (χ1) is 15.6. The number of hydrazine groups is 1. The molecule has 32 heavy (non-hydrogen) atoms. The number of nitrogens with zero attached hydrogens (tertiary/aromatic N) is 3. The normalized spacial score (nSPS) is 10.4. The van der Waals surface area contributed by atoms with Gasteiger partial charge >= 0.3 is 5.91 Å². The Hall–Kier alpha value is -4.46. The Morgan fingerprint density at radius 2 is 1.53 bits per heavy atom. The molecule has 0 fully saturated rings. The number of ether oxygens (including phenoxy) is 1. The molecule has 1 aromatic heterocycles. The van der Waals surface area contributed by atoms with Gasteiger partial charge in [-0.25, -0.2) is 9.67 Å². The van der Waals surface area contributed by atoms with E-state index in [1.807, 2.05) is 60.7 Å². The molecular weight excluding hydrogens is 406 g/mol. The fraction of sp³-hybridized carbons (Fsp3) is 0.0833. The van der Waals surface area contributed by atoms with Crippen LogP contribution in [0.3, 0.4) is 0 Å². The van der Waals surface area contributed by atoms with E-state index in [0.29, 0.717) is 11.6 Å². The van der Waals surface area contributed by atoms with Crippen molar-refractivity contribution in [2.75, 3.05) is 7.11 Å². The van der Waals surface area contributed by atoms with Crippen molar-refractivity contribution in [2.45, 2.75) is 6.42 Å². The van der Waals surface area contributed by atoms with Crippen molar-refractivity contribution in [2.24, 2.45) is 0 Å². The van der Waals surface area contributed by atoms with Crippen molar-refractivity contribution in [3.63, 3.8) is 0 Å². The number of para-hydroxylation sites is 1. The van der Waals surface area contributed by atoms with Crippen molar-refractivity contribution in [3.8, 4) is 22.8 Å². The van der Waals surface area contributed by atoms with Gasteiger partial charge in [0.05, 0.1) is 19.2 Å². The summed E-state index contributed by atoms with van der Waals surface area (Å²) in [5, 5.41) is 4.37. The van der Waals surface area contributed by atoms with Crippen LogP contribution in [0, 0.1) is 0 Å². The van der Waals surface area contributed by atoms with Crippen LogP contribution in [0.15, 0.2) is 84.9 Å². The van der Waals surface area contributed by atoms with Crippen LogP contribution in [0.5, 0.6) is 5.75 Å². The maximum Gasteiger partial charge on any atom is 0.309 e. The molecule has 2 amide bonds. The average Bonchev–Trinajstić information content (AvgIpc) is 3.30. The van der Waals surface area contributed by atoms with Gasteiger partial charge in [0.1, 0.15) is 5.75 Å². The zero-order valence-corrected chi connectivity index (χ0v) is 17.4. The summed E-state index contributed by atoms with van der Waals surface area (Å²) in [6.45, 7) is 0. The number of nitrogens with one attached hydrogen (secondary N) is 2. The predicted octanol–water partition coefficient (Wildman–Crippen LogP) is 2.95. The quantitative estimate of drug-likeness (QED) is 0.461. The first-order valence-corrected chi connectivity index (χ1v) is 9.94. The van der Waals surface area contributed by atoms with E-state index in [-0.39, 0.29) is 18.2 Å². The van der Waals surface area contributed by atoms with Crippen molar-refractivity contribution in [3.05, 3.63) is 96.3 Å². The molecule has 1 heterocycles. The third kappa shape index (κ3) is 4.81. The second-order valence-electron chi connectivity index (χ2n) is 6.90. The zero-order chi connectivity index (χ0) is 22.3. The number of benzene rings is 3. The smallest absolute Gasteiger partial charge is 0.309 e. The number of rotatable bonds is 6. The summed E-state index contributed by atoms with van der Waals surface area (Å²) in [6, 6.07) is 26.0. The molecule has 8 nitrogen and oxygen atoms in total. The van der Waals surface area contributed by atoms with Gasteiger partial charge in [-0.3, -0.25) is 20.4 Å². The lowest BCUT2D eigenvalue weighted by Gasteiger charge is -2.06. The lowest BCUT2D eigenvalue weighted by molar-refractivity contribution is -0.121. The SMILES string of the molecule is COc1ccc(CC(=O)NNC(=O)c2nc(-c3ccccc3)n(-c3ccccc3)n2)cc1. The highest BCUT2D eigenvalue weighted by atomic mass is 16.5. The Balaban J connectivity index is 1.48. The number of methoxy groups -OCH3 is 1. The van der Waals surface area contributed by atoms with E-state index >= 15 is 0 Å². The maximum absolute atomic E-state index is 12.6. The van der Waals surface area contributed by atoms with E-state index in [0.717, 1.165) is 16.8 Å². The van der Waals surface area contributed by atoms with Crippen molar-refractivity contribution in [1.29, 1.82) is 0 Å². The standard InChI is InChI=1S/C24H21N5O3/c1-32-20-14-12-17(13-15-20)16-21(30)26-27-24(31)22-25-23(18-8-4-2-5-9-18)29(28-22)19-10-6-3-7-11-19/h2-15H,16H2,1H3,(H,26,30)(H,27,31). The molecule has 0 bridgehead atoms. The van der Waals surface area contributed by atoms with Gasteiger partial charge < -0.3 is 4.74 Å². The molecule has 0 unspecified atom stereocenters. The molecule has 0 aliphatic rings. The fourth-order valence-electron chi connectivity index (χ4n) is 3.09. The van der Waals surface area contributed by atoms with Gasteiger partial charge in [-0.1, -0.05) is 60.7 Å². The lowest BCUT2D eigenvalue weighted by atomic mass is 10.1. The molecule has 2 N–H and O–H groups in total. The van der Waals surface area contributed by atoms with E-state index < -0.39 is 5.91 Å². The van der Waals surface area contributed by atoms with Crippen LogP contribution < -0.4 is 15.6 Å². The molecule has 0 spiro atoms. The predicted molar refractivity (Wildman–Crippen MR) is 119 cm³/mol. The van der Waals surface area contributed by atoms with Gasteiger partial charge in [0.15, 0.2) is 5.82 Å². The first kappa shape index (κ1) is 20.8. The van der Waals surface area contributed by atoms with Gasteiger partial charge in [0.25, 0.3) is 0 Å². The van der Waals surface area contributed by atoms with Crippen molar-refractivity contribution < 1.29 is 14.3 Å². The molecule has 4 rings (SSSR count). The highest BCUT2D eigenvalue weighted by Crippen LogP contribution is 2.21. The van der Waals surface area contributed by atoms with Crippen LogP contribution in [0.25, 0.3) is 17.1 Å². The van der Waals surface area contributed by atoms with Crippen LogP contribution >= 0.6 is 0 Å². The summed E-state index contributed by atoms with van der Waals surface area (Å²) in [5.74, 6) is 0.190. The Labute approximate surface area is 184 Å². The second kappa shape index (κ2) is 9.57. The summed E-state index contributed by atoms with van der Waals surface area (Å²) in [5.41, 5.74) is 7.15. The highest BCUT2D eigenvalue weighted by Gasteiger charge is 2.19. The molecule has 0 radical (unpaired) electrons. The van der Waals surface area contributed by atoms with Crippen LogP contribution in [0.4, 0.5) is 0 Å². The molecule has 4 aromatic rings. The van der Waals surface area contributed by atoms with E-state index in [1.165, 1.54) is 0 Å². The minimum atomic E-state index is -0.611. The first-order valence-electron chi connectivity index (χ1n) is 9.94. The summed E-state index contributed by atoms with van der Waals surface area (Å²) in [6.07, 6.45) is 0.103. The number of amides is 2. The number of aromatic nitrogens is 3. The minimum absolute atomic E-state index is 0.0579. The van der Waals surface area contributed by atoms with Gasteiger partial charge in [-0.15, -0.1) is 5.10 Å². The number of carbonyl (C=O) groups excluding carboxylic acids is 2. The van der Waals surface area contributed by atoms with Crippen LogP contribution in [-0.4, -0.2) is 33.7 Å². The van der Waals surface area contributed by atoms with Crippen LogP contribution in [0.2, 0.25) is 0 Å². The van der Waals surface area contributed by atoms with E-state index in [4.69, 9.17) is 4.74 Å². The average molecular weight is 427 g/mol. The Morgan fingerprint density at radius 1 is 0.875 bits per heavy atom. The second-order valence-corrected chi connectivity index (χ2v) is 6.90. The van der Waals surface area contributed by atoms with Crippen molar-refractivity contribution >= 4 is 11.8 Å². The summed E-state index contributed by atoms with van der Waals surface area (Å²) < 4.78 is 6.70. The van der Waals surface area contributed by atoms with Crippen molar-refractivity contribution in [1.82, 2.24) is 25.6 Å². The Bertz CT molecular complexity index is 1150. The molecule has 0 aliphatic heterocycles. The minimum Gasteiger partial charge on any atom is -0.497 e. The molecule has 3 aromatic carbocycles. The highest BCUT2D eigenvalue weighted by molar-refractivity contribution is 5.92. The van der Waals surface area contributed by atoms with Crippen LogP contribution in [-0.2, 0) is 11.2 Å². The number of carbonyl (C=O) groups is 2. The molecule has 160 valence electrons. The fourth-order valence-corrected chi connectivity index (χ4v) is 3.09. The van der Waals surface area contributed by atoms with E-state index in [2.05, 4.69) is 20.9 Å². The summed E-state index contributed by atoms with van der Waals surface area (Å²) in [7, 11) is 1.58. The van der Waals surface area contributed by atoms with Gasteiger partial charge in [-0.05, 0) is 29.8 Å². The molecule has 8 heteroatoms. The third-order valence-corrected chi connectivity index (χ3v) is 4.68. The zero-order valence-electron chi connectivity index (χ0n) is 17.4. The summed E-state index contributed by atoms with van der Waals surface area (Å²) in [4.78, 5) is 29.3. The van der Waals surface area contributed by atoms with Gasteiger partial charge in [0.2, 0.25) is 11.7 Å². The van der Waals surface area contributed by atoms with E-state index in [1.54, 1.807) is 36.1 Å². The molecular formula is C24H21N5O3. The molecule has 0 saturated carbocycles. The largest absolute Gasteiger partial charge is 0.497 e. The van der Waals surface area contributed by atoms with Gasteiger partial charge in [-0.2, -0.15) is 0 Å². The number of hydrogen-bond donors (Lipinski definition) is 2. The lowest BCUT2D eigenvalue weighted by Crippen LogP contribution is -2.42.